The van der Waals surface area contributed by atoms with Crippen molar-refractivity contribution in [1.29, 1.82) is 0 Å². The molecule has 1 saturated heterocycles. The maximum absolute atomic E-state index is 12.7. The third kappa shape index (κ3) is 3.54. The van der Waals surface area contributed by atoms with E-state index in [4.69, 9.17) is 10.8 Å². The van der Waals surface area contributed by atoms with Crippen LogP contribution in [-0.4, -0.2) is 71.8 Å². The highest BCUT2D eigenvalue weighted by molar-refractivity contribution is 7.89. The van der Waals surface area contributed by atoms with Crippen LogP contribution in [0.5, 0.6) is 0 Å². The van der Waals surface area contributed by atoms with Crippen LogP contribution in [-0.2, 0) is 16.6 Å². The zero-order valence-electron chi connectivity index (χ0n) is 12.3. The second-order valence-electron chi connectivity index (χ2n) is 5.06. The summed E-state index contributed by atoms with van der Waals surface area (Å²) in [6.45, 7) is 5.37. The van der Waals surface area contributed by atoms with Crippen molar-refractivity contribution in [2.24, 2.45) is 0 Å². The normalized spacial score (nSPS) is 18.8. The number of anilines is 1. The summed E-state index contributed by atoms with van der Waals surface area (Å²) in [4.78, 5) is 2.15. The second-order valence-corrected chi connectivity index (χ2v) is 6.96. The summed E-state index contributed by atoms with van der Waals surface area (Å²) in [5.74, 6) is 0.0494. The fourth-order valence-corrected chi connectivity index (χ4v) is 4.00. The molecule has 0 aromatic carbocycles. The van der Waals surface area contributed by atoms with Gasteiger partial charge in [-0.15, -0.1) is 0 Å². The summed E-state index contributed by atoms with van der Waals surface area (Å²) in [5.41, 5.74) is 5.74. The topological polar surface area (TPSA) is 105 Å². The van der Waals surface area contributed by atoms with Gasteiger partial charge in [-0.2, -0.15) is 9.40 Å². The number of sulfonamides is 1. The highest BCUT2D eigenvalue weighted by atomic mass is 32.2. The summed E-state index contributed by atoms with van der Waals surface area (Å²) >= 11 is 0. The Morgan fingerprint density at radius 1 is 1.33 bits per heavy atom. The van der Waals surface area contributed by atoms with Gasteiger partial charge in [0.25, 0.3) is 0 Å². The Balaban J connectivity index is 2.17. The Labute approximate surface area is 125 Å². The monoisotopic (exact) mass is 317 g/mol. The van der Waals surface area contributed by atoms with E-state index in [1.807, 2.05) is 6.92 Å². The molecule has 2 heterocycles. The van der Waals surface area contributed by atoms with E-state index in [0.717, 1.165) is 13.0 Å². The Hall–Kier alpha value is -1.16. The lowest BCUT2D eigenvalue weighted by atomic mass is 10.4. The molecule has 0 unspecified atom stereocenters. The van der Waals surface area contributed by atoms with Crippen LogP contribution < -0.4 is 5.73 Å². The number of nitrogen functional groups attached to an aromatic ring is 1. The number of β-amino-alcohol motifs (C(OH)–C–C–N with tert-alkyl or cyclic N) is 1. The van der Waals surface area contributed by atoms with Crippen molar-refractivity contribution in [3.8, 4) is 0 Å². The van der Waals surface area contributed by atoms with Crippen molar-refractivity contribution in [3.05, 3.63) is 6.20 Å². The summed E-state index contributed by atoms with van der Waals surface area (Å²) in [6, 6.07) is 0. The average Bonchev–Trinajstić information content (AvgIpc) is 2.68. The van der Waals surface area contributed by atoms with Gasteiger partial charge in [0.15, 0.2) is 5.82 Å². The number of aryl methyl sites for hydroxylation is 1. The van der Waals surface area contributed by atoms with E-state index in [-0.39, 0.29) is 17.3 Å². The number of aliphatic hydroxyl groups is 1. The molecule has 0 bridgehead atoms. The summed E-state index contributed by atoms with van der Waals surface area (Å²) in [6.07, 6.45) is 2.22. The van der Waals surface area contributed by atoms with Crippen molar-refractivity contribution in [1.82, 2.24) is 19.0 Å². The first-order chi connectivity index (χ1) is 9.98. The van der Waals surface area contributed by atoms with E-state index in [2.05, 4.69) is 10.00 Å². The van der Waals surface area contributed by atoms with E-state index in [0.29, 0.717) is 32.7 Å². The van der Waals surface area contributed by atoms with Gasteiger partial charge in [-0.3, -0.25) is 9.58 Å². The van der Waals surface area contributed by atoms with Gasteiger partial charge in [-0.25, -0.2) is 8.42 Å². The molecule has 0 atom stereocenters. The highest BCUT2D eigenvalue weighted by Gasteiger charge is 2.30. The largest absolute Gasteiger partial charge is 0.395 e. The number of hydrogen-bond acceptors (Lipinski definition) is 6. The van der Waals surface area contributed by atoms with Crippen LogP contribution in [0.25, 0.3) is 0 Å². The lowest BCUT2D eigenvalue weighted by molar-refractivity contribution is 0.202. The number of aromatic nitrogens is 2. The zero-order chi connectivity index (χ0) is 15.5. The fraction of sp³-hybridized carbons (Fsp3) is 0.750. The maximum atomic E-state index is 12.7. The fourth-order valence-electron chi connectivity index (χ4n) is 2.47. The molecular formula is C12H23N5O3S. The minimum atomic E-state index is -3.61. The summed E-state index contributed by atoms with van der Waals surface area (Å²) < 4.78 is 28.3. The summed E-state index contributed by atoms with van der Waals surface area (Å²) in [5, 5.41) is 13.0. The molecule has 1 aliphatic heterocycles. The molecular weight excluding hydrogens is 294 g/mol. The SMILES string of the molecule is CCn1cc(S(=O)(=O)N2CCCN(CCO)CC2)c(N)n1. The molecule has 1 aromatic heterocycles. The van der Waals surface area contributed by atoms with Crippen molar-refractivity contribution >= 4 is 15.8 Å². The van der Waals surface area contributed by atoms with Gasteiger partial charge in [-0.05, 0) is 19.9 Å². The van der Waals surface area contributed by atoms with Gasteiger partial charge >= 0.3 is 0 Å². The van der Waals surface area contributed by atoms with Crippen LogP contribution >= 0.6 is 0 Å². The molecule has 120 valence electrons. The van der Waals surface area contributed by atoms with E-state index < -0.39 is 10.0 Å². The molecule has 1 aliphatic rings. The van der Waals surface area contributed by atoms with Crippen LogP contribution in [0.3, 0.4) is 0 Å². The molecule has 0 spiro atoms. The van der Waals surface area contributed by atoms with Gasteiger partial charge in [0.1, 0.15) is 4.90 Å². The molecule has 0 aliphatic carbocycles. The first-order valence-corrected chi connectivity index (χ1v) is 8.59. The number of hydrogen-bond donors (Lipinski definition) is 2. The second kappa shape index (κ2) is 6.73. The van der Waals surface area contributed by atoms with Gasteiger partial charge in [0.2, 0.25) is 10.0 Å². The maximum Gasteiger partial charge on any atom is 0.248 e. The minimum Gasteiger partial charge on any atom is -0.395 e. The van der Waals surface area contributed by atoms with Crippen molar-refractivity contribution in [2.75, 3.05) is 45.1 Å². The number of aliphatic hydroxyl groups excluding tert-OH is 1. The molecule has 1 fully saturated rings. The van der Waals surface area contributed by atoms with Gasteiger partial charge < -0.3 is 10.8 Å². The smallest absolute Gasteiger partial charge is 0.248 e. The first kappa shape index (κ1) is 16.2. The standard InChI is InChI=1S/C12H23N5O3S/c1-2-16-10-11(12(13)14-16)21(19,20)17-5-3-4-15(6-7-17)8-9-18/h10,18H,2-9H2,1H3,(H2,13,14). The Morgan fingerprint density at radius 3 is 2.71 bits per heavy atom. The molecule has 0 amide bonds. The Bertz CT molecular complexity index is 571. The Morgan fingerprint density at radius 2 is 2.10 bits per heavy atom. The molecule has 0 saturated carbocycles. The van der Waals surface area contributed by atoms with Crippen LogP contribution in [0.1, 0.15) is 13.3 Å². The van der Waals surface area contributed by atoms with Gasteiger partial charge in [0, 0.05) is 38.9 Å². The van der Waals surface area contributed by atoms with Gasteiger partial charge in [-0.1, -0.05) is 0 Å². The third-order valence-electron chi connectivity index (χ3n) is 3.66. The van der Waals surface area contributed by atoms with Gasteiger partial charge in [0.05, 0.1) is 6.61 Å². The zero-order valence-corrected chi connectivity index (χ0v) is 13.1. The highest BCUT2D eigenvalue weighted by Crippen LogP contribution is 2.22. The van der Waals surface area contributed by atoms with E-state index in [9.17, 15) is 8.42 Å². The predicted molar refractivity (Wildman–Crippen MR) is 79.2 cm³/mol. The van der Waals surface area contributed by atoms with Crippen LogP contribution in [0.15, 0.2) is 11.1 Å². The van der Waals surface area contributed by atoms with Crippen LogP contribution in [0, 0.1) is 0 Å². The molecule has 1 aromatic rings. The molecule has 2 rings (SSSR count). The van der Waals surface area contributed by atoms with Crippen molar-refractivity contribution < 1.29 is 13.5 Å². The van der Waals surface area contributed by atoms with E-state index in [1.165, 1.54) is 15.2 Å². The molecule has 0 radical (unpaired) electrons. The lowest BCUT2D eigenvalue weighted by Crippen LogP contribution is -2.36. The first-order valence-electron chi connectivity index (χ1n) is 7.15. The molecule has 8 nitrogen and oxygen atoms in total. The van der Waals surface area contributed by atoms with Crippen LogP contribution in [0.4, 0.5) is 5.82 Å². The molecule has 9 heteroatoms. The van der Waals surface area contributed by atoms with Crippen LogP contribution in [0.2, 0.25) is 0 Å². The number of nitrogens with zero attached hydrogens (tertiary/aromatic N) is 4. The van der Waals surface area contributed by atoms with E-state index in [1.54, 1.807) is 0 Å². The average molecular weight is 317 g/mol. The number of nitrogens with two attached hydrogens (primary N) is 1. The summed E-state index contributed by atoms with van der Waals surface area (Å²) in [7, 11) is -3.61. The minimum absolute atomic E-state index is 0.0494. The lowest BCUT2D eigenvalue weighted by Gasteiger charge is -2.20. The Kier molecular flexibility index (Phi) is 5.20. The molecule has 3 N–H and O–H groups in total. The third-order valence-corrected chi connectivity index (χ3v) is 5.58. The molecule has 21 heavy (non-hydrogen) atoms. The van der Waals surface area contributed by atoms with Crippen molar-refractivity contribution in [3.63, 3.8) is 0 Å². The predicted octanol–water partition coefficient (Wildman–Crippen LogP) is -0.826. The quantitative estimate of drug-likeness (QED) is 0.735. The van der Waals surface area contributed by atoms with Crippen molar-refractivity contribution in [2.45, 2.75) is 24.8 Å². The van der Waals surface area contributed by atoms with E-state index >= 15 is 0 Å². The number of rotatable bonds is 5.